The third-order valence-corrected chi connectivity index (χ3v) is 3.97. The van der Waals surface area contributed by atoms with Crippen LogP contribution in [0.3, 0.4) is 0 Å². The molecule has 24 heavy (non-hydrogen) atoms. The molecular formula is C17H19N3O4. The van der Waals surface area contributed by atoms with E-state index in [-0.39, 0.29) is 12.3 Å². The highest BCUT2D eigenvalue weighted by Crippen LogP contribution is 2.17. The van der Waals surface area contributed by atoms with Crippen LogP contribution in [0.4, 0.5) is 0 Å². The Kier molecular flexibility index (Phi) is 4.90. The standard InChI is InChI=1S/C17H19N3O4/c21-16(22)10-14-12-19(8-9-24-14)17(23)15-5-2-1-4-13(15)11-20-7-3-6-18-20/h1-7,14H,8-12H2,(H,21,22). The van der Waals surface area contributed by atoms with Crippen molar-refractivity contribution in [1.82, 2.24) is 14.7 Å². The Balaban J connectivity index is 1.76. The van der Waals surface area contributed by atoms with Crippen molar-refractivity contribution in [2.45, 2.75) is 19.1 Å². The van der Waals surface area contributed by atoms with Crippen LogP contribution in [0.5, 0.6) is 0 Å². The Bertz CT molecular complexity index is 714. The SMILES string of the molecule is O=C(O)CC1CN(C(=O)c2ccccc2Cn2cccn2)CCO1. The molecular weight excluding hydrogens is 310 g/mol. The van der Waals surface area contributed by atoms with Crippen LogP contribution in [-0.2, 0) is 16.1 Å². The second-order valence-electron chi connectivity index (χ2n) is 5.70. The summed E-state index contributed by atoms with van der Waals surface area (Å²) in [6.45, 7) is 1.62. The van der Waals surface area contributed by atoms with Crippen LogP contribution < -0.4 is 0 Å². The van der Waals surface area contributed by atoms with E-state index in [9.17, 15) is 9.59 Å². The summed E-state index contributed by atoms with van der Waals surface area (Å²) < 4.78 is 7.19. The van der Waals surface area contributed by atoms with E-state index in [0.717, 1.165) is 5.56 Å². The monoisotopic (exact) mass is 329 g/mol. The molecule has 0 aliphatic carbocycles. The number of amides is 1. The lowest BCUT2D eigenvalue weighted by Crippen LogP contribution is -2.46. The van der Waals surface area contributed by atoms with Gasteiger partial charge < -0.3 is 14.7 Å². The molecule has 1 aromatic carbocycles. The van der Waals surface area contributed by atoms with Gasteiger partial charge in [0.05, 0.1) is 25.7 Å². The molecule has 0 radical (unpaired) electrons. The summed E-state index contributed by atoms with van der Waals surface area (Å²) in [5.41, 5.74) is 1.50. The lowest BCUT2D eigenvalue weighted by molar-refractivity contribution is -0.141. The van der Waals surface area contributed by atoms with Crippen molar-refractivity contribution >= 4 is 11.9 Å². The number of morpholine rings is 1. The first-order chi connectivity index (χ1) is 11.6. The molecule has 1 N–H and O–H groups in total. The van der Waals surface area contributed by atoms with Gasteiger partial charge in [-0.3, -0.25) is 14.3 Å². The third kappa shape index (κ3) is 3.80. The highest BCUT2D eigenvalue weighted by atomic mass is 16.5. The fourth-order valence-corrected chi connectivity index (χ4v) is 2.83. The molecule has 7 nitrogen and oxygen atoms in total. The molecule has 7 heteroatoms. The van der Waals surface area contributed by atoms with Gasteiger partial charge >= 0.3 is 5.97 Å². The first kappa shape index (κ1) is 16.2. The number of benzene rings is 1. The topological polar surface area (TPSA) is 84.7 Å². The molecule has 1 saturated heterocycles. The van der Waals surface area contributed by atoms with Gasteiger partial charge in [0.15, 0.2) is 0 Å². The van der Waals surface area contributed by atoms with Gasteiger partial charge in [-0.25, -0.2) is 0 Å². The minimum absolute atomic E-state index is 0.0985. The average Bonchev–Trinajstić information content (AvgIpc) is 3.07. The molecule has 1 atom stereocenters. The maximum atomic E-state index is 12.9. The van der Waals surface area contributed by atoms with Crippen molar-refractivity contribution in [2.24, 2.45) is 0 Å². The Morgan fingerprint density at radius 1 is 1.29 bits per heavy atom. The predicted molar refractivity (Wildman–Crippen MR) is 85.7 cm³/mol. The van der Waals surface area contributed by atoms with Crippen molar-refractivity contribution < 1.29 is 19.4 Å². The van der Waals surface area contributed by atoms with Gasteiger partial charge in [-0.2, -0.15) is 5.10 Å². The van der Waals surface area contributed by atoms with E-state index >= 15 is 0 Å². The predicted octanol–water partition coefficient (Wildman–Crippen LogP) is 1.25. The minimum Gasteiger partial charge on any atom is -0.481 e. The van der Waals surface area contributed by atoms with Crippen molar-refractivity contribution in [3.63, 3.8) is 0 Å². The summed E-state index contributed by atoms with van der Waals surface area (Å²) >= 11 is 0. The van der Waals surface area contributed by atoms with Crippen molar-refractivity contribution in [3.05, 3.63) is 53.9 Å². The molecule has 3 rings (SSSR count). The molecule has 2 aromatic rings. The third-order valence-electron chi connectivity index (χ3n) is 3.97. The maximum Gasteiger partial charge on any atom is 0.306 e. The summed E-state index contributed by atoms with van der Waals surface area (Å²) in [6, 6.07) is 9.26. The zero-order valence-corrected chi connectivity index (χ0v) is 13.2. The number of hydrogen-bond donors (Lipinski definition) is 1. The number of carboxylic acids is 1. The molecule has 2 heterocycles. The fraction of sp³-hybridized carbons (Fsp3) is 0.353. The smallest absolute Gasteiger partial charge is 0.306 e. The maximum absolute atomic E-state index is 12.9. The first-order valence-electron chi connectivity index (χ1n) is 7.81. The number of aromatic nitrogens is 2. The second kappa shape index (κ2) is 7.27. The van der Waals surface area contributed by atoms with Crippen LogP contribution in [0.1, 0.15) is 22.3 Å². The number of carbonyl (C=O) groups is 2. The van der Waals surface area contributed by atoms with Gasteiger partial charge in [0.2, 0.25) is 0 Å². The van der Waals surface area contributed by atoms with Gasteiger partial charge in [-0.1, -0.05) is 18.2 Å². The van der Waals surface area contributed by atoms with Crippen molar-refractivity contribution in [3.8, 4) is 0 Å². The largest absolute Gasteiger partial charge is 0.481 e. The molecule has 0 spiro atoms. The molecule has 1 aliphatic rings. The Morgan fingerprint density at radius 3 is 2.88 bits per heavy atom. The van der Waals surface area contributed by atoms with Crippen LogP contribution in [0.2, 0.25) is 0 Å². The Labute approximate surface area is 139 Å². The number of carboxylic acid groups (broad SMARTS) is 1. The van der Waals surface area contributed by atoms with Crippen molar-refractivity contribution in [2.75, 3.05) is 19.7 Å². The van der Waals surface area contributed by atoms with Crippen LogP contribution >= 0.6 is 0 Å². The van der Waals surface area contributed by atoms with Gasteiger partial charge in [-0.15, -0.1) is 0 Å². The van der Waals surface area contributed by atoms with Crippen LogP contribution in [0.25, 0.3) is 0 Å². The van der Waals surface area contributed by atoms with E-state index < -0.39 is 12.1 Å². The van der Waals surface area contributed by atoms with Gasteiger partial charge in [0.25, 0.3) is 5.91 Å². The second-order valence-corrected chi connectivity index (χ2v) is 5.70. The number of rotatable bonds is 5. The zero-order valence-electron chi connectivity index (χ0n) is 13.2. The number of aliphatic carboxylic acids is 1. The van der Waals surface area contributed by atoms with Gasteiger partial charge in [0.1, 0.15) is 0 Å². The summed E-state index contributed by atoms with van der Waals surface area (Å²) in [5.74, 6) is -1.02. The van der Waals surface area contributed by atoms with E-state index in [1.54, 1.807) is 21.8 Å². The lowest BCUT2D eigenvalue weighted by Gasteiger charge is -2.32. The molecule has 0 saturated carbocycles. The van der Waals surface area contributed by atoms with Crippen LogP contribution in [-0.4, -0.2) is 57.5 Å². The Morgan fingerprint density at radius 2 is 2.12 bits per heavy atom. The number of nitrogens with zero attached hydrogens (tertiary/aromatic N) is 3. The highest BCUT2D eigenvalue weighted by Gasteiger charge is 2.27. The number of ether oxygens (including phenoxy) is 1. The van der Waals surface area contributed by atoms with E-state index in [1.807, 2.05) is 30.5 Å². The lowest BCUT2D eigenvalue weighted by atomic mass is 10.1. The molecule has 0 bridgehead atoms. The molecule has 1 fully saturated rings. The van der Waals surface area contributed by atoms with Gasteiger partial charge in [0, 0.05) is 31.0 Å². The Hall–Kier alpha value is -2.67. The van der Waals surface area contributed by atoms with E-state index in [4.69, 9.17) is 9.84 Å². The molecule has 126 valence electrons. The summed E-state index contributed by atoms with van der Waals surface area (Å²) in [6.07, 6.45) is 2.99. The van der Waals surface area contributed by atoms with E-state index in [2.05, 4.69) is 5.10 Å². The van der Waals surface area contributed by atoms with Crippen LogP contribution in [0, 0.1) is 0 Å². The normalized spacial score (nSPS) is 17.7. The summed E-state index contributed by atoms with van der Waals surface area (Å²) in [5, 5.41) is 13.1. The van der Waals surface area contributed by atoms with E-state index in [1.165, 1.54) is 0 Å². The molecule has 1 unspecified atom stereocenters. The zero-order chi connectivity index (χ0) is 16.9. The van der Waals surface area contributed by atoms with Gasteiger partial charge in [-0.05, 0) is 17.7 Å². The molecule has 1 aromatic heterocycles. The first-order valence-corrected chi connectivity index (χ1v) is 7.81. The molecule has 1 aliphatic heterocycles. The minimum atomic E-state index is -0.923. The van der Waals surface area contributed by atoms with E-state index in [0.29, 0.717) is 31.8 Å². The number of hydrogen-bond acceptors (Lipinski definition) is 4. The average molecular weight is 329 g/mol. The fourth-order valence-electron chi connectivity index (χ4n) is 2.83. The summed E-state index contributed by atoms with van der Waals surface area (Å²) in [7, 11) is 0. The summed E-state index contributed by atoms with van der Waals surface area (Å²) in [4.78, 5) is 25.4. The quantitative estimate of drug-likeness (QED) is 0.892. The molecule has 1 amide bonds. The van der Waals surface area contributed by atoms with Crippen molar-refractivity contribution in [1.29, 1.82) is 0 Å². The van der Waals surface area contributed by atoms with Crippen LogP contribution in [0.15, 0.2) is 42.7 Å². The highest BCUT2D eigenvalue weighted by molar-refractivity contribution is 5.95. The number of carbonyl (C=O) groups excluding carboxylic acids is 1.